The van der Waals surface area contributed by atoms with Crippen molar-refractivity contribution in [3.8, 4) is 5.75 Å². The number of rotatable bonds is 7. The molecule has 2 aliphatic heterocycles. The first kappa shape index (κ1) is 22.2. The maximum absolute atomic E-state index is 12.6. The molecule has 2 atom stereocenters. The Morgan fingerprint density at radius 1 is 1.29 bits per heavy atom. The highest BCUT2D eigenvalue weighted by atomic mass is 32.2. The van der Waals surface area contributed by atoms with Gasteiger partial charge in [-0.1, -0.05) is 18.2 Å². The topological polar surface area (TPSA) is 165 Å². The predicted molar refractivity (Wildman–Crippen MR) is 107 cm³/mol. The largest absolute Gasteiger partial charge is 0.477 e. The zero-order chi connectivity index (χ0) is 22.7. The molecule has 4 N–H and O–H groups in total. The zero-order valence-electron chi connectivity index (χ0n) is 16.3. The number of carbonyl (C=O) groups excluding carboxylic acids is 4. The Morgan fingerprint density at radius 2 is 2.00 bits per heavy atom. The second-order valence-corrected chi connectivity index (χ2v) is 7.80. The van der Waals surface area contributed by atoms with E-state index in [0.29, 0.717) is 11.1 Å². The molecule has 1 unspecified atom stereocenters. The molecule has 2 aliphatic rings. The lowest BCUT2D eigenvalue weighted by Gasteiger charge is -2.49. The van der Waals surface area contributed by atoms with Gasteiger partial charge in [0.1, 0.15) is 29.5 Å². The van der Waals surface area contributed by atoms with E-state index in [2.05, 4.69) is 5.32 Å². The SMILES string of the molecule is CC(=O)OCC1=C(C(=O)O)N2C(=O)C(NC(=O)Cc3ccccc3OC(N)=O)[C@H]2SC1. The highest BCUT2D eigenvalue weighted by Gasteiger charge is 2.54. The summed E-state index contributed by atoms with van der Waals surface area (Å²) in [5.74, 6) is -2.61. The number of ether oxygens (including phenoxy) is 2. The van der Waals surface area contributed by atoms with Gasteiger partial charge in [0.15, 0.2) is 0 Å². The number of aliphatic carboxylic acids is 1. The van der Waals surface area contributed by atoms with Crippen LogP contribution in [0.5, 0.6) is 5.75 Å². The molecule has 3 amide bonds. The number of primary amides is 1. The van der Waals surface area contributed by atoms with Crippen molar-refractivity contribution in [2.75, 3.05) is 12.4 Å². The Balaban J connectivity index is 1.69. The minimum atomic E-state index is -1.32. The summed E-state index contributed by atoms with van der Waals surface area (Å²) in [6.07, 6.45) is -1.20. The summed E-state index contributed by atoms with van der Waals surface area (Å²) in [4.78, 5) is 59.9. The number of β-lactam (4-membered cyclic amide) rings is 1. The van der Waals surface area contributed by atoms with Crippen LogP contribution in [0.1, 0.15) is 12.5 Å². The summed E-state index contributed by atoms with van der Waals surface area (Å²) >= 11 is 1.26. The van der Waals surface area contributed by atoms with Crippen LogP contribution in [0.25, 0.3) is 0 Å². The molecule has 3 rings (SSSR count). The number of carboxylic acid groups (broad SMARTS) is 1. The van der Waals surface area contributed by atoms with Crippen LogP contribution in [-0.2, 0) is 30.3 Å². The second-order valence-electron chi connectivity index (χ2n) is 6.70. The summed E-state index contributed by atoms with van der Waals surface area (Å²) in [6, 6.07) is 5.41. The molecule has 0 saturated carbocycles. The maximum Gasteiger partial charge on any atom is 0.409 e. The number of hydrogen-bond donors (Lipinski definition) is 3. The van der Waals surface area contributed by atoms with Gasteiger partial charge in [0.25, 0.3) is 5.91 Å². The lowest BCUT2D eigenvalue weighted by Crippen LogP contribution is -2.70. The van der Waals surface area contributed by atoms with Gasteiger partial charge in [-0.2, -0.15) is 0 Å². The van der Waals surface area contributed by atoms with Crippen LogP contribution >= 0.6 is 11.8 Å². The monoisotopic (exact) mass is 449 g/mol. The molecular formula is C19H19N3O8S. The number of esters is 1. The Kier molecular flexibility index (Phi) is 6.49. The molecule has 1 fully saturated rings. The molecule has 0 radical (unpaired) electrons. The molecule has 1 saturated heterocycles. The number of nitrogens with zero attached hydrogens (tertiary/aromatic N) is 1. The van der Waals surface area contributed by atoms with Crippen LogP contribution in [0.3, 0.4) is 0 Å². The van der Waals surface area contributed by atoms with Crippen LogP contribution in [0.2, 0.25) is 0 Å². The van der Waals surface area contributed by atoms with Crippen molar-refractivity contribution < 1.29 is 38.6 Å². The van der Waals surface area contributed by atoms with Gasteiger partial charge in [-0.05, 0) is 6.07 Å². The second kappa shape index (κ2) is 9.08. The van der Waals surface area contributed by atoms with Crippen LogP contribution < -0.4 is 15.8 Å². The highest BCUT2D eigenvalue weighted by molar-refractivity contribution is 8.00. The zero-order valence-corrected chi connectivity index (χ0v) is 17.1. The number of amides is 3. The van der Waals surface area contributed by atoms with Gasteiger partial charge in [0, 0.05) is 23.8 Å². The third kappa shape index (κ3) is 4.79. The minimum absolute atomic E-state index is 0.130. The van der Waals surface area contributed by atoms with E-state index in [1.165, 1.54) is 24.8 Å². The van der Waals surface area contributed by atoms with Gasteiger partial charge >= 0.3 is 18.0 Å². The quantitative estimate of drug-likeness (QED) is 0.383. The Morgan fingerprint density at radius 3 is 2.65 bits per heavy atom. The molecule has 31 heavy (non-hydrogen) atoms. The highest BCUT2D eigenvalue weighted by Crippen LogP contribution is 2.40. The summed E-state index contributed by atoms with van der Waals surface area (Å²) in [6.45, 7) is 0.973. The summed E-state index contributed by atoms with van der Waals surface area (Å²) in [5.41, 5.74) is 5.49. The number of para-hydroxylation sites is 1. The Labute approximate surface area is 180 Å². The van der Waals surface area contributed by atoms with Gasteiger partial charge in [-0.15, -0.1) is 11.8 Å². The molecule has 0 spiro atoms. The van der Waals surface area contributed by atoms with Gasteiger partial charge < -0.3 is 25.6 Å². The Hall–Kier alpha value is -3.54. The van der Waals surface area contributed by atoms with E-state index >= 15 is 0 Å². The first-order valence-corrected chi connectivity index (χ1v) is 10.1. The lowest BCUT2D eigenvalue weighted by molar-refractivity contribution is -0.151. The van der Waals surface area contributed by atoms with E-state index in [1.54, 1.807) is 18.2 Å². The molecule has 2 heterocycles. The average Bonchev–Trinajstić information content (AvgIpc) is 2.70. The summed E-state index contributed by atoms with van der Waals surface area (Å²) in [5, 5.41) is 11.5. The van der Waals surface area contributed by atoms with Crippen LogP contribution in [0, 0.1) is 0 Å². The number of hydrogen-bond acceptors (Lipinski definition) is 8. The third-order valence-corrected chi connectivity index (χ3v) is 5.89. The number of fused-ring (bicyclic) bond motifs is 1. The minimum Gasteiger partial charge on any atom is -0.477 e. The van der Waals surface area contributed by atoms with E-state index in [4.69, 9.17) is 15.2 Å². The number of nitrogens with one attached hydrogen (secondary N) is 1. The van der Waals surface area contributed by atoms with E-state index in [9.17, 15) is 29.1 Å². The molecule has 164 valence electrons. The van der Waals surface area contributed by atoms with Crippen LogP contribution in [0.15, 0.2) is 35.5 Å². The average molecular weight is 449 g/mol. The van der Waals surface area contributed by atoms with Crippen LogP contribution in [0.4, 0.5) is 4.79 Å². The van der Waals surface area contributed by atoms with Crippen molar-refractivity contribution in [3.63, 3.8) is 0 Å². The smallest absolute Gasteiger partial charge is 0.409 e. The first-order valence-electron chi connectivity index (χ1n) is 9.07. The van der Waals surface area contributed by atoms with Crippen molar-refractivity contribution in [2.45, 2.75) is 24.8 Å². The van der Waals surface area contributed by atoms with Gasteiger partial charge in [-0.3, -0.25) is 19.3 Å². The number of carboxylic acids is 1. The number of benzene rings is 1. The molecular weight excluding hydrogens is 430 g/mol. The van der Waals surface area contributed by atoms with E-state index in [-0.39, 0.29) is 30.2 Å². The fourth-order valence-electron chi connectivity index (χ4n) is 3.24. The molecule has 0 bridgehead atoms. The molecule has 1 aromatic carbocycles. The third-order valence-electron chi connectivity index (χ3n) is 4.55. The normalized spacial score (nSPS) is 19.8. The first-order chi connectivity index (χ1) is 14.7. The van der Waals surface area contributed by atoms with Gasteiger partial charge in [-0.25, -0.2) is 9.59 Å². The van der Waals surface area contributed by atoms with Crippen molar-refractivity contribution in [2.24, 2.45) is 5.73 Å². The van der Waals surface area contributed by atoms with Crippen molar-refractivity contribution in [1.29, 1.82) is 0 Å². The summed E-state index contributed by atoms with van der Waals surface area (Å²) in [7, 11) is 0. The fourth-order valence-corrected chi connectivity index (χ4v) is 4.57. The maximum atomic E-state index is 12.6. The Bertz CT molecular complexity index is 992. The number of thioether (sulfide) groups is 1. The van der Waals surface area contributed by atoms with Gasteiger partial charge in [0.05, 0.1) is 6.42 Å². The van der Waals surface area contributed by atoms with E-state index in [1.807, 2.05) is 0 Å². The molecule has 0 aliphatic carbocycles. The van der Waals surface area contributed by atoms with Crippen molar-refractivity contribution in [3.05, 3.63) is 41.1 Å². The lowest BCUT2D eigenvalue weighted by atomic mass is 10.0. The van der Waals surface area contributed by atoms with E-state index < -0.39 is 41.3 Å². The number of nitrogens with two attached hydrogens (primary N) is 1. The predicted octanol–water partition coefficient (Wildman–Crippen LogP) is -0.0117. The molecule has 12 heteroatoms. The molecule has 0 aromatic heterocycles. The summed E-state index contributed by atoms with van der Waals surface area (Å²) < 4.78 is 9.74. The fraction of sp³-hybridized carbons (Fsp3) is 0.316. The van der Waals surface area contributed by atoms with Gasteiger partial charge in [0.2, 0.25) is 5.91 Å². The van der Waals surface area contributed by atoms with E-state index in [0.717, 1.165) is 4.90 Å². The van der Waals surface area contributed by atoms with Crippen LogP contribution in [-0.4, -0.2) is 63.6 Å². The molecule has 1 aromatic rings. The number of carbonyl (C=O) groups is 5. The molecule has 11 nitrogen and oxygen atoms in total. The van der Waals surface area contributed by atoms with Crippen molar-refractivity contribution >= 4 is 41.6 Å². The standard InChI is InChI=1S/C19H19N3O8S/c1-9(23)29-7-11-8-31-17-14(16(25)22(17)15(11)18(26)27)21-13(24)6-10-4-2-3-5-12(10)30-19(20)28/h2-5,14,17H,6-8H2,1H3,(H2,20,28)(H,21,24)(H,26,27)/t14?,17-/m1/s1. The van der Waals surface area contributed by atoms with Crippen molar-refractivity contribution in [1.82, 2.24) is 10.2 Å².